The van der Waals surface area contributed by atoms with Crippen LogP contribution < -0.4 is 20.7 Å². The monoisotopic (exact) mass is 433 g/mol. The van der Waals surface area contributed by atoms with Gasteiger partial charge in [-0.3, -0.25) is 9.59 Å². The molecule has 4 N–H and O–H groups in total. The van der Waals surface area contributed by atoms with Crippen LogP contribution in [-0.2, 0) is 9.59 Å². The highest BCUT2D eigenvalue weighted by Crippen LogP contribution is 2.22. The summed E-state index contributed by atoms with van der Waals surface area (Å²) in [6, 6.07) is 23.2. The van der Waals surface area contributed by atoms with Gasteiger partial charge in [0.25, 0.3) is 0 Å². The molecule has 1 unspecified atom stereocenters. The summed E-state index contributed by atoms with van der Waals surface area (Å²) < 4.78 is 5.72. The second kappa shape index (κ2) is 11.5. The molecule has 0 spiro atoms. The van der Waals surface area contributed by atoms with E-state index in [4.69, 9.17) is 4.74 Å². The number of nitrogens with one attached hydrogen (secondary N) is 3. The highest BCUT2D eigenvalue weighted by atomic mass is 16.5. The van der Waals surface area contributed by atoms with Crippen molar-refractivity contribution in [2.24, 2.45) is 0 Å². The molecule has 7 nitrogen and oxygen atoms in total. The first-order valence-electron chi connectivity index (χ1n) is 10.4. The zero-order valence-corrected chi connectivity index (χ0v) is 17.9. The van der Waals surface area contributed by atoms with Gasteiger partial charge in [0.1, 0.15) is 17.5 Å². The molecule has 0 aliphatic heterocycles. The fourth-order valence-corrected chi connectivity index (χ4v) is 3.08. The number of carboxylic acid groups (broad SMARTS) is 1. The normalized spacial score (nSPS) is 11.4. The molecular formula is C25H27N3O4. The molecule has 166 valence electrons. The highest BCUT2D eigenvalue weighted by molar-refractivity contribution is 5.94. The smallest absolute Gasteiger partial charge is 0.321 e. The Hall–Kier alpha value is -3.84. The predicted octanol–water partition coefficient (Wildman–Crippen LogP) is 4.27. The van der Waals surface area contributed by atoms with E-state index in [2.05, 4.69) is 16.0 Å². The average molecular weight is 434 g/mol. The van der Waals surface area contributed by atoms with Crippen LogP contribution >= 0.6 is 0 Å². The summed E-state index contributed by atoms with van der Waals surface area (Å²) in [4.78, 5) is 23.9. The van der Waals surface area contributed by atoms with E-state index in [1.54, 1.807) is 24.3 Å². The number of aliphatic carboxylic acids is 1. The number of carbonyl (C=O) groups is 2. The molecule has 0 saturated carbocycles. The largest absolute Gasteiger partial charge is 0.480 e. The summed E-state index contributed by atoms with van der Waals surface area (Å²) >= 11 is 0. The lowest BCUT2D eigenvalue weighted by molar-refractivity contribution is -0.141. The van der Waals surface area contributed by atoms with E-state index >= 15 is 0 Å². The first-order chi connectivity index (χ1) is 15.5. The van der Waals surface area contributed by atoms with E-state index in [1.807, 2.05) is 61.5 Å². The van der Waals surface area contributed by atoms with Crippen molar-refractivity contribution in [2.75, 3.05) is 23.7 Å². The summed E-state index contributed by atoms with van der Waals surface area (Å²) in [6.45, 7) is 2.95. The van der Waals surface area contributed by atoms with Crippen molar-refractivity contribution in [3.63, 3.8) is 0 Å². The highest BCUT2D eigenvalue weighted by Gasteiger charge is 2.20. The maximum Gasteiger partial charge on any atom is 0.321 e. The quantitative estimate of drug-likeness (QED) is 0.337. The third-order valence-electron chi connectivity index (χ3n) is 4.67. The van der Waals surface area contributed by atoms with Crippen LogP contribution in [-0.4, -0.2) is 36.1 Å². The minimum absolute atomic E-state index is 0.179. The zero-order chi connectivity index (χ0) is 22.8. The number of benzene rings is 3. The second-order valence-corrected chi connectivity index (χ2v) is 7.33. The van der Waals surface area contributed by atoms with Crippen LogP contribution in [0.4, 0.5) is 11.4 Å². The third kappa shape index (κ3) is 7.45. The Morgan fingerprint density at radius 3 is 2.28 bits per heavy atom. The molecule has 3 aromatic rings. The molecule has 0 aliphatic rings. The number of ether oxygens (including phenoxy) is 1. The standard InChI is InChI=1S/C25H27N3O4/c1-18-6-5-7-20(16-18)26-14-15-27-23(25(30)31)17-24(29)28-19-10-12-22(13-11-19)32-21-8-3-2-4-9-21/h2-13,16,23,26-27H,14-15,17H2,1H3,(H,28,29)(H,30,31). The SMILES string of the molecule is Cc1cccc(NCCNC(CC(=O)Nc2ccc(Oc3ccccc3)cc2)C(=O)O)c1. The number of anilines is 2. The zero-order valence-electron chi connectivity index (χ0n) is 17.9. The van der Waals surface area contributed by atoms with Gasteiger partial charge in [-0.1, -0.05) is 30.3 Å². The van der Waals surface area contributed by atoms with Crippen molar-refractivity contribution < 1.29 is 19.4 Å². The number of amides is 1. The van der Waals surface area contributed by atoms with E-state index in [1.165, 1.54) is 0 Å². The van der Waals surface area contributed by atoms with Gasteiger partial charge in [0.05, 0.1) is 6.42 Å². The van der Waals surface area contributed by atoms with E-state index in [0.717, 1.165) is 17.0 Å². The van der Waals surface area contributed by atoms with Crippen molar-refractivity contribution in [1.82, 2.24) is 5.32 Å². The van der Waals surface area contributed by atoms with Crippen LogP contribution in [0.2, 0.25) is 0 Å². The van der Waals surface area contributed by atoms with Crippen molar-refractivity contribution in [3.8, 4) is 11.5 Å². The van der Waals surface area contributed by atoms with Crippen molar-refractivity contribution in [2.45, 2.75) is 19.4 Å². The molecule has 1 amide bonds. The minimum Gasteiger partial charge on any atom is -0.480 e. The first kappa shape index (κ1) is 22.8. The molecule has 32 heavy (non-hydrogen) atoms. The van der Waals surface area contributed by atoms with Crippen molar-refractivity contribution in [3.05, 3.63) is 84.4 Å². The Labute approximate surface area is 187 Å². The Morgan fingerprint density at radius 2 is 1.59 bits per heavy atom. The van der Waals surface area contributed by atoms with Gasteiger partial charge in [-0.25, -0.2) is 0 Å². The molecule has 0 bridgehead atoms. The van der Waals surface area contributed by atoms with Gasteiger partial charge in [-0.15, -0.1) is 0 Å². The topological polar surface area (TPSA) is 99.7 Å². The maximum absolute atomic E-state index is 12.3. The lowest BCUT2D eigenvalue weighted by Crippen LogP contribution is -2.41. The van der Waals surface area contributed by atoms with Gasteiger partial charge in [0.2, 0.25) is 5.91 Å². The van der Waals surface area contributed by atoms with Crippen LogP contribution in [0.3, 0.4) is 0 Å². The van der Waals surface area contributed by atoms with Crippen LogP contribution in [0.15, 0.2) is 78.9 Å². The van der Waals surface area contributed by atoms with Gasteiger partial charge < -0.3 is 25.8 Å². The van der Waals surface area contributed by atoms with Crippen LogP contribution in [0.25, 0.3) is 0 Å². The second-order valence-electron chi connectivity index (χ2n) is 7.33. The lowest BCUT2D eigenvalue weighted by Gasteiger charge is -2.15. The summed E-state index contributed by atoms with van der Waals surface area (Å²) in [5.74, 6) is -0.0903. The molecule has 0 aromatic heterocycles. The number of hydrogen-bond donors (Lipinski definition) is 4. The summed E-state index contributed by atoms with van der Waals surface area (Å²) in [7, 11) is 0. The lowest BCUT2D eigenvalue weighted by atomic mass is 10.2. The van der Waals surface area contributed by atoms with E-state index in [-0.39, 0.29) is 12.3 Å². The molecule has 0 radical (unpaired) electrons. The number of aryl methyl sites for hydroxylation is 1. The van der Waals surface area contributed by atoms with E-state index in [9.17, 15) is 14.7 Å². The van der Waals surface area contributed by atoms with Gasteiger partial charge in [-0.2, -0.15) is 0 Å². The Balaban J connectivity index is 1.44. The number of rotatable bonds is 11. The number of para-hydroxylation sites is 1. The van der Waals surface area contributed by atoms with Gasteiger partial charge >= 0.3 is 5.97 Å². The third-order valence-corrected chi connectivity index (χ3v) is 4.67. The van der Waals surface area contributed by atoms with Gasteiger partial charge in [-0.05, 0) is 61.0 Å². The Kier molecular flexibility index (Phi) is 8.22. The molecule has 0 heterocycles. The summed E-state index contributed by atoms with van der Waals surface area (Å²) in [5.41, 5.74) is 2.68. The van der Waals surface area contributed by atoms with Crippen LogP contribution in [0, 0.1) is 6.92 Å². The molecule has 0 saturated heterocycles. The number of hydrogen-bond acceptors (Lipinski definition) is 5. The van der Waals surface area contributed by atoms with Crippen molar-refractivity contribution in [1.29, 1.82) is 0 Å². The van der Waals surface area contributed by atoms with E-state index < -0.39 is 12.0 Å². The molecule has 0 fully saturated rings. The van der Waals surface area contributed by atoms with Crippen LogP contribution in [0.1, 0.15) is 12.0 Å². The minimum atomic E-state index is -1.07. The predicted molar refractivity (Wildman–Crippen MR) is 125 cm³/mol. The van der Waals surface area contributed by atoms with E-state index in [0.29, 0.717) is 24.5 Å². The molecule has 3 aromatic carbocycles. The van der Waals surface area contributed by atoms with Gasteiger partial charge in [0.15, 0.2) is 0 Å². The fourth-order valence-electron chi connectivity index (χ4n) is 3.08. The fraction of sp³-hybridized carbons (Fsp3) is 0.200. The molecule has 3 rings (SSSR count). The molecular weight excluding hydrogens is 406 g/mol. The maximum atomic E-state index is 12.3. The number of carbonyl (C=O) groups excluding carboxylic acids is 1. The molecule has 0 aliphatic carbocycles. The first-order valence-corrected chi connectivity index (χ1v) is 10.4. The Bertz CT molecular complexity index is 1020. The van der Waals surface area contributed by atoms with Crippen molar-refractivity contribution >= 4 is 23.3 Å². The Morgan fingerprint density at radius 1 is 0.875 bits per heavy atom. The summed E-state index contributed by atoms with van der Waals surface area (Å²) in [6.07, 6.45) is -0.179. The molecule has 1 atom stereocenters. The van der Waals surface area contributed by atoms with Crippen LogP contribution in [0.5, 0.6) is 11.5 Å². The average Bonchev–Trinajstić information content (AvgIpc) is 2.78. The van der Waals surface area contributed by atoms with Gasteiger partial charge in [0, 0.05) is 24.5 Å². The summed E-state index contributed by atoms with van der Waals surface area (Å²) in [5, 5.41) is 18.3. The number of carboxylic acids is 1. The molecule has 7 heteroatoms.